The molecule has 0 fully saturated rings. The molecule has 0 aliphatic rings. The molecular formula is C9H22N2O. The van der Waals surface area contributed by atoms with Crippen LogP contribution in [0.1, 0.15) is 20.3 Å². The van der Waals surface area contributed by atoms with E-state index in [4.69, 9.17) is 5.11 Å². The van der Waals surface area contributed by atoms with Crippen LogP contribution in [-0.4, -0.2) is 49.3 Å². The predicted molar refractivity (Wildman–Crippen MR) is 52.3 cm³/mol. The summed E-state index contributed by atoms with van der Waals surface area (Å²) in [4.78, 5) is 2.26. The van der Waals surface area contributed by atoms with E-state index in [0.29, 0.717) is 0 Å². The number of nitrogens with zero attached hydrogens (tertiary/aromatic N) is 1. The second-order valence-corrected chi connectivity index (χ2v) is 3.28. The molecule has 0 radical (unpaired) electrons. The number of aliphatic hydroxyl groups is 1. The predicted octanol–water partition coefficient (Wildman–Crippen LogP) is 0.299. The number of hydrogen-bond donors (Lipinski definition) is 2. The van der Waals surface area contributed by atoms with Crippen molar-refractivity contribution >= 4 is 0 Å². The Morgan fingerprint density at radius 1 is 1.42 bits per heavy atom. The molecule has 0 saturated carbocycles. The topological polar surface area (TPSA) is 35.5 Å². The minimum atomic E-state index is -0.179. The van der Waals surface area contributed by atoms with E-state index < -0.39 is 0 Å². The lowest BCUT2D eigenvalue weighted by Crippen LogP contribution is -2.30. The Hall–Kier alpha value is -0.120. The summed E-state index contributed by atoms with van der Waals surface area (Å²) in [6.07, 6.45) is 0.664. The molecule has 0 amide bonds. The quantitative estimate of drug-likeness (QED) is 0.545. The summed E-state index contributed by atoms with van der Waals surface area (Å²) in [6, 6.07) is 0. The highest BCUT2D eigenvalue weighted by Crippen LogP contribution is 1.85. The number of aliphatic hydroxyl groups excluding tert-OH is 1. The number of likely N-dealkylation sites (N-methyl/N-ethyl adjacent to an activating group) is 1. The highest BCUT2D eigenvalue weighted by atomic mass is 16.3. The lowest BCUT2D eigenvalue weighted by atomic mass is 10.3. The first-order valence-corrected chi connectivity index (χ1v) is 4.74. The van der Waals surface area contributed by atoms with E-state index in [1.54, 1.807) is 0 Å². The molecule has 1 atom stereocenters. The molecule has 12 heavy (non-hydrogen) atoms. The maximum atomic E-state index is 8.96. The van der Waals surface area contributed by atoms with Gasteiger partial charge in [0.1, 0.15) is 0 Å². The van der Waals surface area contributed by atoms with Gasteiger partial charge >= 0.3 is 0 Å². The van der Waals surface area contributed by atoms with Crippen LogP contribution in [0.5, 0.6) is 0 Å². The van der Waals surface area contributed by atoms with Gasteiger partial charge in [-0.1, -0.05) is 6.92 Å². The highest BCUT2D eigenvalue weighted by molar-refractivity contribution is 4.55. The zero-order valence-corrected chi connectivity index (χ0v) is 8.51. The van der Waals surface area contributed by atoms with Gasteiger partial charge < -0.3 is 15.3 Å². The monoisotopic (exact) mass is 174 g/mol. The standard InChI is InChI=1S/C9H22N2O/c1-4-11(3)8-7-10-6-5-9(2)12/h9-10,12H,4-8H2,1-3H3. The van der Waals surface area contributed by atoms with Crippen molar-refractivity contribution < 1.29 is 5.11 Å². The van der Waals surface area contributed by atoms with E-state index in [0.717, 1.165) is 32.6 Å². The van der Waals surface area contributed by atoms with Crippen LogP contribution in [-0.2, 0) is 0 Å². The van der Waals surface area contributed by atoms with Crippen LogP contribution < -0.4 is 5.32 Å². The summed E-state index contributed by atoms with van der Waals surface area (Å²) in [5, 5.41) is 12.2. The summed E-state index contributed by atoms with van der Waals surface area (Å²) < 4.78 is 0. The minimum Gasteiger partial charge on any atom is -0.393 e. The van der Waals surface area contributed by atoms with E-state index in [9.17, 15) is 0 Å². The van der Waals surface area contributed by atoms with Crippen LogP contribution in [0.4, 0.5) is 0 Å². The SMILES string of the molecule is CCN(C)CCNCCC(C)O. The molecule has 0 saturated heterocycles. The maximum absolute atomic E-state index is 8.96. The fourth-order valence-electron chi connectivity index (χ4n) is 0.864. The zero-order valence-electron chi connectivity index (χ0n) is 8.51. The van der Waals surface area contributed by atoms with Crippen molar-refractivity contribution in [3.8, 4) is 0 Å². The molecule has 0 spiro atoms. The molecule has 0 aromatic rings. The summed E-state index contributed by atoms with van der Waals surface area (Å²) in [5.41, 5.74) is 0. The van der Waals surface area contributed by atoms with Crippen LogP contribution in [0.3, 0.4) is 0 Å². The Morgan fingerprint density at radius 2 is 2.08 bits per heavy atom. The van der Waals surface area contributed by atoms with E-state index in [-0.39, 0.29) is 6.10 Å². The van der Waals surface area contributed by atoms with Crippen molar-refractivity contribution in [2.45, 2.75) is 26.4 Å². The summed E-state index contributed by atoms with van der Waals surface area (Å²) in [6.45, 7) is 8.07. The Bertz CT molecular complexity index is 96.5. The third kappa shape index (κ3) is 7.98. The summed E-state index contributed by atoms with van der Waals surface area (Å²) in [7, 11) is 2.11. The molecular weight excluding hydrogens is 152 g/mol. The maximum Gasteiger partial charge on any atom is 0.0524 e. The van der Waals surface area contributed by atoms with E-state index in [2.05, 4.69) is 24.2 Å². The zero-order chi connectivity index (χ0) is 9.40. The van der Waals surface area contributed by atoms with Crippen molar-refractivity contribution in [3.63, 3.8) is 0 Å². The first kappa shape index (κ1) is 11.9. The lowest BCUT2D eigenvalue weighted by molar-refractivity contribution is 0.183. The van der Waals surface area contributed by atoms with Gasteiger partial charge in [0.15, 0.2) is 0 Å². The molecule has 3 heteroatoms. The largest absolute Gasteiger partial charge is 0.393 e. The molecule has 0 rings (SSSR count). The van der Waals surface area contributed by atoms with Crippen molar-refractivity contribution in [1.29, 1.82) is 0 Å². The molecule has 3 nitrogen and oxygen atoms in total. The highest BCUT2D eigenvalue weighted by Gasteiger charge is 1.95. The van der Waals surface area contributed by atoms with Crippen molar-refractivity contribution in [1.82, 2.24) is 10.2 Å². The first-order chi connectivity index (χ1) is 5.66. The lowest BCUT2D eigenvalue weighted by Gasteiger charge is -2.14. The van der Waals surface area contributed by atoms with Crippen molar-refractivity contribution in [2.24, 2.45) is 0 Å². The third-order valence-electron chi connectivity index (χ3n) is 1.95. The van der Waals surface area contributed by atoms with Gasteiger partial charge in [-0.2, -0.15) is 0 Å². The van der Waals surface area contributed by atoms with Crippen molar-refractivity contribution in [2.75, 3.05) is 33.2 Å². The molecule has 0 aromatic carbocycles. The van der Waals surface area contributed by atoms with Crippen LogP contribution >= 0.6 is 0 Å². The Kier molecular flexibility index (Phi) is 7.45. The van der Waals surface area contributed by atoms with Gasteiger partial charge in [0.2, 0.25) is 0 Å². The Balaban J connectivity index is 3.00. The normalized spacial score (nSPS) is 13.8. The molecule has 0 bridgehead atoms. The molecule has 0 heterocycles. The number of nitrogens with one attached hydrogen (secondary N) is 1. The van der Waals surface area contributed by atoms with Gasteiger partial charge in [-0.15, -0.1) is 0 Å². The average Bonchev–Trinajstić information content (AvgIpc) is 2.03. The first-order valence-electron chi connectivity index (χ1n) is 4.74. The van der Waals surface area contributed by atoms with Crippen LogP contribution in [0, 0.1) is 0 Å². The van der Waals surface area contributed by atoms with Crippen LogP contribution in [0.15, 0.2) is 0 Å². The molecule has 0 aliphatic heterocycles. The third-order valence-corrected chi connectivity index (χ3v) is 1.95. The number of rotatable bonds is 7. The molecule has 1 unspecified atom stereocenters. The van der Waals surface area contributed by atoms with Gasteiger partial charge in [-0.25, -0.2) is 0 Å². The van der Waals surface area contributed by atoms with E-state index in [1.165, 1.54) is 0 Å². The summed E-state index contributed by atoms with van der Waals surface area (Å²) >= 11 is 0. The van der Waals surface area contributed by atoms with Gasteiger partial charge in [0.25, 0.3) is 0 Å². The van der Waals surface area contributed by atoms with Gasteiger partial charge in [0, 0.05) is 13.1 Å². The minimum absolute atomic E-state index is 0.179. The van der Waals surface area contributed by atoms with E-state index >= 15 is 0 Å². The Morgan fingerprint density at radius 3 is 2.58 bits per heavy atom. The second-order valence-electron chi connectivity index (χ2n) is 3.28. The van der Waals surface area contributed by atoms with Crippen molar-refractivity contribution in [3.05, 3.63) is 0 Å². The second kappa shape index (κ2) is 7.53. The summed E-state index contributed by atoms with van der Waals surface area (Å²) in [5.74, 6) is 0. The molecule has 74 valence electrons. The fraction of sp³-hybridized carbons (Fsp3) is 1.00. The smallest absolute Gasteiger partial charge is 0.0524 e. The van der Waals surface area contributed by atoms with Crippen LogP contribution in [0.2, 0.25) is 0 Å². The molecule has 0 aliphatic carbocycles. The van der Waals surface area contributed by atoms with E-state index in [1.807, 2.05) is 6.92 Å². The average molecular weight is 174 g/mol. The number of hydrogen-bond acceptors (Lipinski definition) is 3. The van der Waals surface area contributed by atoms with Crippen LogP contribution in [0.25, 0.3) is 0 Å². The fourth-order valence-corrected chi connectivity index (χ4v) is 0.864. The molecule has 2 N–H and O–H groups in total. The van der Waals surface area contributed by atoms with Gasteiger partial charge in [-0.3, -0.25) is 0 Å². The Labute approximate surface area is 75.8 Å². The van der Waals surface area contributed by atoms with Gasteiger partial charge in [0.05, 0.1) is 6.10 Å². The van der Waals surface area contributed by atoms with Gasteiger partial charge in [-0.05, 0) is 33.5 Å². The molecule has 0 aromatic heterocycles.